The Morgan fingerprint density at radius 3 is 2.89 bits per heavy atom. The number of benzene rings is 1. The second-order valence-electron chi connectivity index (χ2n) is 4.01. The molecule has 0 spiro atoms. The van der Waals surface area contributed by atoms with E-state index in [4.69, 9.17) is 17.0 Å². The van der Waals surface area contributed by atoms with Gasteiger partial charge in [0.2, 0.25) is 0 Å². The van der Waals surface area contributed by atoms with Gasteiger partial charge in [-0.3, -0.25) is 0 Å². The molecule has 0 heterocycles. The molecule has 0 aliphatic rings. The molecule has 0 unspecified atom stereocenters. The van der Waals surface area contributed by atoms with Gasteiger partial charge >= 0.3 is 0 Å². The number of halogens is 2. The number of hydrogen-bond donors (Lipinski definition) is 2. The van der Waals surface area contributed by atoms with Crippen LogP contribution in [-0.2, 0) is 4.74 Å². The first-order valence-electron chi connectivity index (χ1n) is 6.12. The number of thiocarbonyl (C=S) groups is 1. The van der Waals surface area contributed by atoms with E-state index in [2.05, 4.69) is 26.6 Å². The smallest absolute Gasteiger partial charge is 0.170 e. The number of nitrogens with one attached hydrogen (secondary N) is 2. The zero-order valence-corrected chi connectivity index (χ0v) is 13.5. The van der Waals surface area contributed by atoms with Crippen LogP contribution in [0.4, 0.5) is 10.1 Å². The fourth-order valence-corrected chi connectivity index (χ4v) is 2.02. The summed E-state index contributed by atoms with van der Waals surface area (Å²) in [6.07, 6.45) is 0.891. The van der Waals surface area contributed by atoms with Crippen LogP contribution in [0.2, 0.25) is 0 Å². The molecule has 0 aliphatic heterocycles. The molecular weight excluding hydrogens is 331 g/mol. The Labute approximate surface area is 127 Å². The second kappa shape index (κ2) is 8.45. The van der Waals surface area contributed by atoms with E-state index in [-0.39, 0.29) is 5.82 Å². The summed E-state index contributed by atoms with van der Waals surface area (Å²) in [7, 11) is 0. The van der Waals surface area contributed by atoms with Gasteiger partial charge < -0.3 is 15.4 Å². The van der Waals surface area contributed by atoms with Crippen molar-refractivity contribution in [2.75, 3.05) is 25.1 Å². The number of ether oxygens (including phenoxy) is 1. The fourth-order valence-electron chi connectivity index (χ4n) is 1.47. The van der Waals surface area contributed by atoms with Gasteiger partial charge in [0, 0.05) is 25.4 Å². The molecular formula is C13H18BrFN2OS. The molecule has 0 atom stereocenters. The third-order valence-corrected chi connectivity index (χ3v) is 3.32. The molecule has 0 amide bonds. The van der Waals surface area contributed by atoms with Gasteiger partial charge in [-0.25, -0.2) is 4.39 Å². The molecule has 0 bridgehead atoms. The first-order valence-corrected chi connectivity index (χ1v) is 7.33. The van der Waals surface area contributed by atoms with E-state index in [1.165, 1.54) is 6.07 Å². The Morgan fingerprint density at radius 1 is 1.47 bits per heavy atom. The maximum absolute atomic E-state index is 13.3. The van der Waals surface area contributed by atoms with Crippen molar-refractivity contribution >= 4 is 38.9 Å². The lowest BCUT2D eigenvalue weighted by molar-refractivity contribution is 0.146. The third kappa shape index (κ3) is 5.84. The lowest BCUT2D eigenvalue weighted by atomic mass is 10.2. The van der Waals surface area contributed by atoms with Crippen LogP contribution in [0.15, 0.2) is 16.6 Å². The Bertz CT molecular complexity index is 443. The average Bonchev–Trinajstić information content (AvgIpc) is 2.35. The van der Waals surface area contributed by atoms with Crippen molar-refractivity contribution in [1.82, 2.24) is 5.32 Å². The molecule has 1 aromatic carbocycles. The van der Waals surface area contributed by atoms with Gasteiger partial charge in [-0.2, -0.15) is 0 Å². The summed E-state index contributed by atoms with van der Waals surface area (Å²) in [6.45, 7) is 5.98. The van der Waals surface area contributed by atoms with E-state index in [0.717, 1.165) is 30.8 Å². The van der Waals surface area contributed by atoms with Crippen LogP contribution in [0.3, 0.4) is 0 Å². The fraction of sp³-hybridized carbons (Fsp3) is 0.462. The first kappa shape index (κ1) is 16.3. The molecule has 3 nitrogen and oxygen atoms in total. The predicted octanol–water partition coefficient (Wildman–Crippen LogP) is 3.61. The number of anilines is 1. The summed E-state index contributed by atoms with van der Waals surface area (Å²) >= 11 is 8.33. The van der Waals surface area contributed by atoms with Crippen molar-refractivity contribution in [3.63, 3.8) is 0 Å². The van der Waals surface area contributed by atoms with Gasteiger partial charge in [-0.05, 0) is 66.1 Å². The minimum atomic E-state index is -0.279. The summed E-state index contributed by atoms with van der Waals surface area (Å²) in [5.74, 6) is -0.279. The second-order valence-corrected chi connectivity index (χ2v) is 5.28. The summed E-state index contributed by atoms with van der Waals surface area (Å²) in [5.41, 5.74) is 1.59. The van der Waals surface area contributed by atoms with Gasteiger partial charge in [-0.1, -0.05) is 0 Å². The van der Waals surface area contributed by atoms with Crippen molar-refractivity contribution in [2.24, 2.45) is 0 Å². The Hall–Kier alpha value is -0.720. The van der Waals surface area contributed by atoms with E-state index in [9.17, 15) is 4.39 Å². The van der Waals surface area contributed by atoms with Crippen molar-refractivity contribution in [3.8, 4) is 0 Å². The first-order chi connectivity index (χ1) is 9.04. The van der Waals surface area contributed by atoms with Crippen LogP contribution in [0.5, 0.6) is 0 Å². The highest BCUT2D eigenvalue weighted by Crippen LogP contribution is 2.24. The SMILES string of the molecule is CCOCCCNC(=S)Nc1cc(Br)c(F)cc1C. The lowest BCUT2D eigenvalue weighted by Crippen LogP contribution is -2.30. The third-order valence-electron chi connectivity index (χ3n) is 2.47. The molecule has 0 saturated carbocycles. The van der Waals surface area contributed by atoms with Crippen molar-refractivity contribution in [1.29, 1.82) is 0 Å². The van der Waals surface area contributed by atoms with Crippen molar-refractivity contribution < 1.29 is 9.13 Å². The molecule has 0 radical (unpaired) electrons. The summed E-state index contributed by atoms with van der Waals surface area (Å²) in [5, 5.41) is 6.66. The van der Waals surface area contributed by atoms with Gasteiger partial charge in [0.05, 0.1) is 4.47 Å². The van der Waals surface area contributed by atoms with Crippen LogP contribution >= 0.6 is 28.1 Å². The van der Waals surface area contributed by atoms with E-state index < -0.39 is 0 Å². The van der Waals surface area contributed by atoms with E-state index in [1.807, 2.05) is 13.8 Å². The highest BCUT2D eigenvalue weighted by molar-refractivity contribution is 9.10. The highest BCUT2D eigenvalue weighted by Gasteiger charge is 2.06. The zero-order valence-electron chi connectivity index (χ0n) is 11.1. The minimum Gasteiger partial charge on any atom is -0.382 e. The molecule has 6 heteroatoms. The quantitative estimate of drug-likeness (QED) is 0.607. The van der Waals surface area contributed by atoms with E-state index >= 15 is 0 Å². The Kier molecular flexibility index (Phi) is 7.27. The molecule has 0 aromatic heterocycles. The standard InChI is InChI=1S/C13H18BrFN2OS/c1-3-18-6-4-5-16-13(19)17-12-8-10(14)11(15)7-9(12)2/h7-8H,3-6H2,1-2H3,(H2,16,17,19). The lowest BCUT2D eigenvalue weighted by Gasteiger charge is -2.13. The van der Waals surface area contributed by atoms with Crippen molar-refractivity contribution in [2.45, 2.75) is 20.3 Å². The maximum atomic E-state index is 13.3. The number of aryl methyl sites for hydroxylation is 1. The van der Waals surface area contributed by atoms with Crippen molar-refractivity contribution in [3.05, 3.63) is 28.0 Å². The normalized spacial score (nSPS) is 10.3. The molecule has 2 N–H and O–H groups in total. The predicted molar refractivity (Wildman–Crippen MR) is 84.2 cm³/mol. The molecule has 0 aliphatic carbocycles. The van der Waals surface area contributed by atoms with Gasteiger partial charge in [0.1, 0.15) is 5.82 Å². The number of hydrogen-bond acceptors (Lipinski definition) is 2. The largest absolute Gasteiger partial charge is 0.382 e. The molecule has 106 valence electrons. The van der Waals surface area contributed by atoms with Crippen LogP contribution in [-0.4, -0.2) is 24.9 Å². The monoisotopic (exact) mass is 348 g/mol. The minimum absolute atomic E-state index is 0.279. The molecule has 0 saturated heterocycles. The molecule has 19 heavy (non-hydrogen) atoms. The Balaban J connectivity index is 2.42. The van der Waals surface area contributed by atoms with Crippen LogP contribution in [0.1, 0.15) is 18.9 Å². The topological polar surface area (TPSA) is 33.3 Å². The Morgan fingerprint density at radius 2 is 2.21 bits per heavy atom. The molecule has 0 fully saturated rings. The van der Waals surface area contributed by atoms with Gasteiger partial charge in [0.15, 0.2) is 5.11 Å². The molecule has 1 rings (SSSR count). The van der Waals surface area contributed by atoms with Gasteiger partial charge in [0.25, 0.3) is 0 Å². The van der Waals surface area contributed by atoms with E-state index in [1.54, 1.807) is 6.07 Å². The summed E-state index contributed by atoms with van der Waals surface area (Å²) in [6, 6.07) is 3.14. The maximum Gasteiger partial charge on any atom is 0.170 e. The van der Waals surface area contributed by atoms with Crippen LogP contribution in [0, 0.1) is 12.7 Å². The van der Waals surface area contributed by atoms with Crippen LogP contribution in [0.25, 0.3) is 0 Å². The number of rotatable bonds is 6. The molecule has 1 aromatic rings. The summed E-state index contributed by atoms with van der Waals surface area (Å²) in [4.78, 5) is 0. The average molecular weight is 349 g/mol. The van der Waals surface area contributed by atoms with Gasteiger partial charge in [-0.15, -0.1) is 0 Å². The summed E-state index contributed by atoms with van der Waals surface area (Å²) < 4.78 is 18.9. The highest BCUT2D eigenvalue weighted by atomic mass is 79.9. The zero-order chi connectivity index (χ0) is 14.3. The van der Waals surface area contributed by atoms with E-state index in [0.29, 0.717) is 16.2 Å². The van der Waals surface area contributed by atoms with Crippen LogP contribution < -0.4 is 10.6 Å².